The Labute approximate surface area is 154 Å². The number of hydrogen-bond acceptors (Lipinski definition) is 3. The van der Waals surface area contributed by atoms with E-state index < -0.39 is 23.5 Å². The number of nitrogens with zero attached hydrogens (tertiary/aromatic N) is 1. The molecule has 1 aromatic heterocycles. The number of nitrogens with one attached hydrogen (secondary N) is 2. The van der Waals surface area contributed by atoms with Gasteiger partial charge >= 0.3 is 6.03 Å². The number of amides is 3. The number of likely N-dealkylation sites (tertiary alicyclic amines) is 1. The SMILES string of the molecule is O=C(Nc1cc(F)ccc1F)C1CCCN(C(=O)NCc2cccs2)C1. The number of halogens is 2. The molecule has 0 saturated carbocycles. The maximum Gasteiger partial charge on any atom is 0.317 e. The van der Waals surface area contributed by atoms with Crippen LogP contribution < -0.4 is 10.6 Å². The molecule has 138 valence electrons. The molecule has 2 N–H and O–H groups in total. The molecule has 0 radical (unpaired) electrons. The van der Waals surface area contributed by atoms with Crippen LogP contribution in [0.4, 0.5) is 19.3 Å². The molecule has 1 aliphatic rings. The number of urea groups is 1. The number of rotatable bonds is 4. The highest BCUT2D eigenvalue weighted by Gasteiger charge is 2.28. The van der Waals surface area contributed by atoms with Gasteiger partial charge in [-0.1, -0.05) is 6.07 Å². The summed E-state index contributed by atoms with van der Waals surface area (Å²) in [5, 5.41) is 7.20. The highest BCUT2D eigenvalue weighted by Crippen LogP contribution is 2.21. The van der Waals surface area contributed by atoms with Crippen molar-refractivity contribution in [1.29, 1.82) is 0 Å². The van der Waals surface area contributed by atoms with E-state index in [2.05, 4.69) is 10.6 Å². The standard InChI is InChI=1S/C18H19F2N3O2S/c19-13-5-6-15(20)16(9-13)22-17(24)12-3-1-7-23(11-12)18(25)21-10-14-4-2-8-26-14/h2,4-6,8-9,12H,1,3,7,10-11H2,(H,21,25)(H,22,24). The maximum absolute atomic E-state index is 13.7. The van der Waals surface area contributed by atoms with E-state index in [1.807, 2.05) is 17.5 Å². The molecule has 1 aromatic carbocycles. The molecular formula is C18H19F2N3O2S. The first-order valence-electron chi connectivity index (χ1n) is 8.34. The van der Waals surface area contributed by atoms with Gasteiger partial charge in [-0.15, -0.1) is 11.3 Å². The summed E-state index contributed by atoms with van der Waals surface area (Å²) >= 11 is 1.56. The van der Waals surface area contributed by atoms with Crippen molar-refractivity contribution in [2.24, 2.45) is 5.92 Å². The Hall–Kier alpha value is -2.48. The minimum absolute atomic E-state index is 0.186. The molecule has 1 aliphatic heterocycles. The van der Waals surface area contributed by atoms with Gasteiger partial charge in [0.2, 0.25) is 5.91 Å². The van der Waals surface area contributed by atoms with Crippen LogP contribution in [0.1, 0.15) is 17.7 Å². The van der Waals surface area contributed by atoms with Gasteiger partial charge in [0.05, 0.1) is 18.2 Å². The molecule has 3 amide bonds. The maximum atomic E-state index is 13.7. The first-order chi connectivity index (χ1) is 12.5. The summed E-state index contributed by atoms with van der Waals surface area (Å²) < 4.78 is 26.9. The first-order valence-corrected chi connectivity index (χ1v) is 9.22. The molecule has 0 aliphatic carbocycles. The highest BCUT2D eigenvalue weighted by atomic mass is 32.1. The molecule has 2 heterocycles. The van der Waals surface area contributed by atoms with Crippen LogP contribution in [-0.2, 0) is 11.3 Å². The van der Waals surface area contributed by atoms with E-state index in [0.717, 1.165) is 23.1 Å². The van der Waals surface area contributed by atoms with Gasteiger partial charge in [-0.25, -0.2) is 13.6 Å². The monoisotopic (exact) mass is 379 g/mol. The molecule has 1 fully saturated rings. The number of hydrogen-bond donors (Lipinski definition) is 2. The number of carbonyl (C=O) groups is 2. The van der Waals surface area contributed by atoms with E-state index in [1.165, 1.54) is 0 Å². The zero-order valence-corrected chi connectivity index (χ0v) is 14.8. The number of anilines is 1. The molecule has 1 unspecified atom stereocenters. The van der Waals surface area contributed by atoms with Gasteiger partial charge in [-0.05, 0) is 36.4 Å². The molecule has 1 atom stereocenters. The molecular weight excluding hydrogens is 360 g/mol. The summed E-state index contributed by atoms with van der Waals surface area (Å²) in [7, 11) is 0. The Morgan fingerprint density at radius 2 is 2.12 bits per heavy atom. The van der Waals surface area contributed by atoms with Crippen LogP contribution in [-0.4, -0.2) is 29.9 Å². The van der Waals surface area contributed by atoms with Crippen molar-refractivity contribution in [1.82, 2.24) is 10.2 Å². The fourth-order valence-electron chi connectivity index (χ4n) is 2.89. The number of thiophene rings is 1. The summed E-state index contributed by atoms with van der Waals surface area (Å²) in [4.78, 5) is 27.3. The van der Waals surface area contributed by atoms with Crippen molar-refractivity contribution in [3.63, 3.8) is 0 Å². The molecule has 8 heteroatoms. The Balaban J connectivity index is 1.56. The van der Waals surface area contributed by atoms with Crippen LogP contribution in [0.2, 0.25) is 0 Å². The van der Waals surface area contributed by atoms with Crippen molar-refractivity contribution in [2.75, 3.05) is 18.4 Å². The molecule has 0 bridgehead atoms. The predicted octanol–water partition coefficient (Wildman–Crippen LogP) is 3.59. The quantitative estimate of drug-likeness (QED) is 0.853. The lowest BCUT2D eigenvalue weighted by Crippen LogP contribution is -2.47. The molecule has 0 spiro atoms. The molecule has 2 aromatic rings. The Morgan fingerprint density at radius 3 is 2.88 bits per heavy atom. The van der Waals surface area contributed by atoms with Gasteiger partial charge in [-0.2, -0.15) is 0 Å². The number of benzene rings is 1. The van der Waals surface area contributed by atoms with Crippen LogP contribution in [0, 0.1) is 17.6 Å². The first kappa shape index (κ1) is 18.3. The van der Waals surface area contributed by atoms with E-state index in [9.17, 15) is 18.4 Å². The van der Waals surface area contributed by atoms with Gasteiger partial charge in [0.1, 0.15) is 11.6 Å². The zero-order chi connectivity index (χ0) is 18.5. The summed E-state index contributed by atoms with van der Waals surface area (Å²) in [6, 6.07) is 6.53. The van der Waals surface area contributed by atoms with Crippen molar-refractivity contribution < 1.29 is 18.4 Å². The van der Waals surface area contributed by atoms with Crippen molar-refractivity contribution in [3.8, 4) is 0 Å². The minimum atomic E-state index is -0.693. The third-order valence-corrected chi connectivity index (χ3v) is 5.14. The zero-order valence-electron chi connectivity index (χ0n) is 14.0. The van der Waals surface area contributed by atoms with Crippen LogP contribution in [0.3, 0.4) is 0 Å². The molecule has 1 saturated heterocycles. The number of piperidine rings is 1. The van der Waals surface area contributed by atoms with E-state index in [0.29, 0.717) is 25.9 Å². The molecule has 3 rings (SSSR count). The largest absolute Gasteiger partial charge is 0.333 e. The van der Waals surface area contributed by atoms with Gasteiger partial charge in [0, 0.05) is 24.0 Å². The fourth-order valence-corrected chi connectivity index (χ4v) is 3.54. The summed E-state index contributed by atoms with van der Waals surface area (Å²) in [5.41, 5.74) is -0.186. The third-order valence-electron chi connectivity index (χ3n) is 4.26. The third kappa shape index (κ3) is 4.57. The summed E-state index contributed by atoms with van der Waals surface area (Å²) in [5.74, 6) is -2.19. The second-order valence-corrected chi connectivity index (χ2v) is 7.17. The van der Waals surface area contributed by atoms with E-state index in [-0.39, 0.29) is 18.3 Å². The number of carbonyl (C=O) groups excluding carboxylic acids is 2. The Kier molecular flexibility index (Phi) is 5.82. The fraction of sp³-hybridized carbons (Fsp3) is 0.333. The summed E-state index contributed by atoms with van der Waals surface area (Å²) in [6.07, 6.45) is 1.27. The smallest absolute Gasteiger partial charge is 0.317 e. The van der Waals surface area contributed by atoms with Gasteiger partial charge < -0.3 is 15.5 Å². The average molecular weight is 379 g/mol. The van der Waals surface area contributed by atoms with E-state index in [1.54, 1.807) is 16.2 Å². The summed E-state index contributed by atoms with van der Waals surface area (Å²) in [6.45, 7) is 1.26. The van der Waals surface area contributed by atoms with Gasteiger partial charge in [-0.3, -0.25) is 4.79 Å². The average Bonchev–Trinajstić information content (AvgIpc) is 3.16. The lowest BCUT2D eigenvalue weighted by atomic mass is 9.97. The Bertz CT molecular complexity index is 783. The van der Waals surface area contributed by atoms with Crippen LogP contribution in [0.25, 0.3) is 0 Å². The van der Waals surface area contributed by atoms with Crippen molar-refractivity contribution in [3.05, 3.63) is 52.2 Å². The van der Waals surface area contributed by atoms with E-state index in [4.69, 9.17) is 0 Å². The van der Waals surface area contributed by atoms with Crippen LogP contribution >= 0.6 is 11.3 Å². The Morgan fingerprint density at radius 1 is 1.27 bits per heavy atom. The van der Waals surface area contributed by atoms with Crippen LogP contribution in [0.15, 0.2) is 35.7 Å². The predicted molar refractivity (Wildman–Crippen MR) is 95.8 cm³/mol. The second-order valence-electron chi connectivity index (χ2n) is 6.14. The van der Waals surface area contributed by atoms with Crippen molar-refractivity contribution in [2.45, 2.75) is 19.4 Å². The molecule has 5 nitrogen and oxygen atoms in total. The lowest BCUT2D eigenvalue weighted by molar-refractivity contribution is -0.121. The normalized spacial score (nSPS) is 17.0. The lowest BCUT2D eigenvalue weighted by Gasteiger charge is -2.32. The van der Waals surface area contributed by atoms with Gasteiger partial charge in [0.25, 0.3) is 0 Å². The topological polar surface area (TPSA) is 61.4 Å². The van der Waals surface area contributed by atoms with Crippen molar-refractivity contribution >= 4 is 29.0 Å². The van der Waals surface area contributed by atoms with E-state index >= 15 is 0 Å². The highest BCUT2D eigenvalue weighted by molar-refractivity contribution is 7.09. The molecule has 26 heavy (non-hydrogen) atoms. The van der Waals surface area contributed by atoms with Gasteiger partial charge in [0.15, 0.2) is 0 Å². The minimum Gasteiger partial charge on any atom is -0.333 e. The van der Waals surface area contributed by atoms with Crippen LogP contribution in [0.5, 0.6) is 0 Å². The second kappa shape index (κ2) is 8.27.